The molecule has 0 saturated carbocycles. The molecule has 2 aromatic heterocycles. The van der Waals surface area contributed by atoms with Gasteiger partial charge in [0.2, 0.25) is 11.9 Å². The molecule has 45 heavy (non-hydrogen) atoms. The van der Waals surface area contributed by atoms with Crippen LogP contribution in [0.15, 0.2) is 72.2 Å². The van der Waals surface area contributed by atoms with Crippen molar-refractivity contribution in [1.82, 2.24) is 19.4 Å². The van der Waals surface area contributed by atoms with Crippen molar-refractivity contribution >= 4 is 40.2 Å². The molecule has 238 valence electrons. The molecule has 15 heteroatoms. The summed E-state index contributed by atoms with van der Waals surface area (Å²) in [5, 5.41) is 13.7. The smallest absolute Gasteiger partial charge is 0.490 e. The van der Waals surface area contributed by atoms with Gasteiger partial charge in [0.05, 0.1) is 18.5 Å². The summed E-state index contributed by atoms with van der Waals surface area (Å²) in [5.41, 5.74) is 2.62. The van der Waals surface area contributed by atoms with E-state index in [1.807, 2.05) is 38.1 Å². The monoisotopic (exact) mass is 628 g/mol. The van der Waals surface area contributed by atoms with E-state index in [0.29, 0.717) is 46.2 Å². The number of fused-ring (bicyclic) bond motifs is 1. The predicted octanol–water partition coefficient (Wildman–Crippen LogP) is 4.54. The maximum absolute atomic E-state index is 13.1. The number of hydrogen-bond donors (Lipinski definition) is 3. The summed E-state index contributed by atoms with van der Waals surface area (Å²) in [7, 11) is 5.54. The van der Waals surface area contributed by atoms with Gasteiger partial charge in [0, 0.05) is 35.9 Å². The number of ether oxygens (including phenoxy) is 2. The van der Waals surface area contributed by atoms with Gasteiger partial charge in [-0.3, -0.25) is 14.2 Å². The second-order valence-corrected chi connectivity index (χ2v) is 9.62. The highest BCUT2D eigenvalue weighted by Gasteiger charge is 2.38. The summed E-state index contributed by atoms with van der Waals surface area (Å²) >= 11 is 0. The number of aryl methyl sites for hydroxylation is 1. The highest BCUT2D eigenvalue weighted by Crippen LogP contribution is 2.31. The summed E-state index contributed by atoms with van der Waals surface area (Å²) in [6.45, 7) is 6.65. The van der Waals surface area contributed by atoms with Crippen molar-refractivity contribution < 1.29 is 37.3 Å². The van der Waals surface area contributed by atoms with E-state index in [4.69, 9.17) is 19.4 Å². The number of nitrogens with zero attached hydrogens (tertiary/aromatic N) is 4. The van der Waals surface area contributed by atoms with E-state index in [1.54, 1.807) is 43.6 Å². The average molecular weight is 629 g/mol. The van der Waals surface area contributed by atoms with E-state index >= 15 is 0 Å². The molecular formula is C30H31F3N6O6. The van der Waals surface area contributed by atoms with Crippen LogP contribution in [0.4, 0.5) is 30.5 Å². The number of benzene rings is 2. The van der Waals surface area contributed by atoms with Crippen LogP contribution in [0.5, 0.6) is 11.5 Å². The molecule has 0 fully saturated rings. The largest absolute Gasteiger partial charge is 0.494 e. The number of carbonyl (C=O) groups is 2. The van der Waals surface area contributed by atoms with E-state index in [-0.39, 0.29) is 17.4 Å². The first kappa shape index (κ1) is 34.1. The molecule has 2 aromatic carbocycles. The average Bonchev–Trinajstić information content (AvgIpc) is 2.97. The van der Waals surface area contributed by atoms with Crippen molar-refractivity contribution in [1.29, 1.82) is 0 Å². The maximum Gasteiger partial charge on any atom is 0.490 e. The number of hydrogen-bond acceptors (Lipinski definition) is 9. The lowest BCUT2D eigenvalue weighted by atomic mass is 10.2. The van der Waals surface area contributed by atoms with Gasteiger partial charge in [-0.2, -0.15) is 18.2 Å². The molecule has 1 amide bonds. The summed E-state index contributed by atoms with van der Waals surface area (Å²) in [5.74, 6) is -1.58. The summed E-state index contributed by atoms with van der Waals surface area (Å²) in [4.78, 5) is 45.0. The number of nitrogens with one attached hydrogen (secondary N) is 2. The molecule has 0 atom stereocenters. The number of carboxylic acid groups (broad SMARTS) is 1. The van der Waals surface area contributed by atoms with E-state index in [0.717, 1.165) is 12.1 Å². The normalized spacial score (nSPS) is 10.9. The van der Waals surface area contributed by atoms with Crippen molar-refractivity contribution in [3.05, 3.63) is 83.3 Å². The molecule has 2 heterocycles. The fourth-order valence-corrected chi connectivity index (χ4v) is 3.81. The van der Waals surface area contributed by atoms with Crippen LogP contribution in [0.2, 0.25) is 0 Å². The number of methoxy groups -OCH3 is 1. The van der Waals surface area contributed by atoms with Crippen LogP contribution >= 0.6 is 0 Å². The molecular weight excluding hydrogens is 597 g/mol. The lowest BCUT2D eigenvalue weighted by Crippen LogP contribution is -2.21. The van der Waals surface area contributed by atoms with Crippen molar-refractivity contribution in [2.45, 2.75) is 13.1 Å². The lowest BCUT2D eigenvalue weighted by Gasteiger charge is -2.15. The molecule has 0 aliphatic carbocycles. The Kier molecular flexibility index (Phi) is 11.2. The zero-order chi connectivity index (χ0) is 33.3. The SMILES string of the molecule is C=CC(=O)Nc1cccc(-n2c(=O)cc(C)c3cnc(Nc4ccc(OCCN(C)C)cc4OC)nc32)c1.O=C(O)C(F)(F)F. The van der Waals surface area contributed by atoms with Gasteiger partial charge in [-0.15, -0.1) is 0 Å². The first-order chi connectivity index (χ1) is 21.2. The van der Waals surface area contributed by atoms with Crippen LogP contribution in [0.25, 0.3) is 16.7 Å². The highest BCUT2D eigenvalue weighted by atomic mass is 19.4. The Morgan fingerprint density at radius 2 is 1.87 bits per heavy atom. The Bertz CT molecular complexity index is 1760. The number of carboxylic acids is 1. The Morgan fingerprint density at radius 1 is 1.16 bits per heavy atom. The van der Waals surface area contributed by atoms with E-state index in [1.165, 1.54) is 16.7 Å². The Balaban J connectivity index is 0.000000707. The first-order valence-corrected chi connectivity index (χ1v) is 13.2. The fraction of sp³-hybridized carbons (Fsp3) is 0.233. The molecule has 0 saturated heterocycles. The summed E-state index contributed by atoms with van der Waals surface area (Å²) < 4.78 is 44.6. The van der Waals surface area contributed by atoms with Gasteiger partial charge in [0.15, 0.2) is 5.65 Å². The standard InChI is InChI=1S/C28H30N6O4.C2HF3O2/c1-6-25(35)30-19-8-7-9-20(15-19)34-26(36)14-18(2)22-17-29-28(32-27(22)34)31-23-11-10-21(16-24(23)37-5)38-13-12-33(3)4;3-2(4,5)1(6)7/h6-11,14-17H,1,12-13H2,2-5H3,(H,30,35)(H,29,31,32);(H,6,7). The fourth-order valence-electron chi connectivity index (χ4n) is 3.81. The topological polar surface area (TPSA) is 148 Å². The molecule has 0 aliphatic heterocycles. The molecule has 4 rings (SSSR count). The van der Waals surface area contributed by atoms with Gasteiger partial charge >= 0.3 is 12.1 Å². The van der Waals surface area contributed by atoms with Crippen LogP contribution in [0, 0.1) is 6.92 Å². The number of amides is 1. The van der Waals surface area contributed by atoms with E-state index in [9.17, 15) is 22.8 Å². The molecule has 3 N–H and O–H groups in total. The minimum absolute atomic E-state index is 0.261. The molecule has 0 spiro atoms. The van der Waals surface area contributed by atoms with Crippen LogP contribution in [0.3, 0.4) is 0 Å². The van der Waals surface area contributed by atoms with Gasteiger partial charge in [0.25, 0.3) is 5.56 Å². The number of anilines is 3. The zero-order valence-electron chi connectivity index (χ0n) is 24.8. The minimum atomic E-state index is -5.08. The molecule has 4 aromatic rings. The van der Waals surface area contributed by atoms with E-state index < -0.39 is 12.1 Å². The molecule has 0 bridgehead atoms. The van der Waals surface area contributed by atoms with Crippen molar-refractivity contribution in [3.63, 3.8) is 0 Å². The third kappa shape index (κ3) is 9.27. The maximum atomic E-state index is 13.1. The third-order valence-corrected chi connectivity index (χ3v) is 5.99. The predicted molar refractivity (Wildman–Crippen MR) is 163 cm³/mol. The molecule has 0 aliphatic rings. The van der Waals surface area contributed by atoms with Gasteiger partial charge in [-0.05, 0) is 63.0 Å². The van der Waals surface area contributed by atoms with Crippen LogP contribution < -0.4 is 25.7 Å². The number of likely N-dealkylation sites (N-methyl/N-ethyl adjacent to an activating group) is 1. The van der Waals surface area contributed by atoms with Gasteiger partial charge in [0.1, 0.15) is 18.1 Å². The van der Waals surface area contributed by atoms with Crippen LogP contribution in [0.1, 0.15) is 5.56 Å². The Labute approximate surface area is 255 Å². The lowest BCUT2D eigenvalue weighted by molar-refractivity contribution is -0.192. The zero-order valence-corrected chi connectivity index (χ0v) is 24.8. The van der Waals surface area contributed by atoms with Crippen molar-refractivity contribution in [2.24, 2.45) is 0 Å². The Hall–Kier alpha value is -5.44. The van der Waals surface area contributed by atoms with Crippen molar-refractivity contribution in [2.75, 3.05) is 45.0 Å². The molecule has 0 unspecified atom stereocenters. The first-order valence-electron chi connectivity index (χ1n) is 13.2. The van der Waals surface area contributed by atoms with E-state index in [2.05, 4.69) is 27.2 Å². The van der Waals surface area contributed by atoms with Crippen LogP contribution in [-0.4, -0.2) is 77.0 Å². The molecule has 12 nitrogen and oxygen atoms in total. The highest BCUT2D eigenvalue weighted by molar-refractivity contribution is 5.99. The third-order valence-electron chi connectivity index (χ3n) is 5.99. The van der Waals surface area contributed by atoms with Gasteiger partial charge < -0.3 is 30.1 Å². The van der Waals surface area contributed by atoms with Gasteiger partial charge in [-0.25, -0.2) is 9.78 Å². The quantitative estimate of drug-likeness (QED) is 0.214. The summed E-state index contributed by atoms with van der Waals surface area (Å²) in [6.07, 6.45) is -2.23. The van der Waals surface area contributed by atoms with Gasteiger partial charge in [-0.1, -0.05) is 12.6 Å². The minimum Gasteiger partial charge on any atom is -0.494 e. The van der Waals surface area contributed by atoms with Crippen molar-refractivity contribution in [3.8, 4) is 17.2 Å². The number of rotatable bonds is 10. The number of aliphatic carboxylic acids is 1. The second kappa shape index (κ2) is 14.8. The number of pyridine rings is 1. The number of halogens is 3. The molecule has 0 radical (unpaired) electrons. The second-order valence-electron chi connectivity index (χ2n) is 9.62. The Morgan fingerprint density at radius 3 is 2.49 bits per heavy atom. The van der Waals surface area contributed by atoms with Crippen LogP contribution in [-0.2, 0) is 9.59 Å². The summed E-state index contributed by atoms with van der Waals surface area (Å²) in [6, 6.07) is 13.9. The number of alkyl halides is 3. The number of aromatic nitrogens is 3. The number of carbonyl (C=O) groups excluding carboxylic acids is 1.